The average molecular weight is 437 g/mol. The molecule has 3 aliphatic rings. The summed E-state index contributed by atoms with van der Waals surface area (Å²) < 4.78 is 5.52. The molecule has 0 bridgehead atoms. The van der Waals surface area contributed by atoms with Gasteiger partial charge in [-0.15, -0.1) is 0 Å². The maximum Gasteiger partial charge on any atom is 0.410 e. The van der Waals surface area contributed by atoms with E-state index in [1.807, 2.05) is 20.8 Å². The van der Waals surface area contributed by atoms with Crippen molar-refractivity contribution in [3.63, 3.8) is 0 Å². The van der Waals surface area contributed by atoms with E-state index in [0.717, 1.165) is 43.8 Å². The summed E-state index contributed by atoms with van der Waals surface area (Å²) in [5.41, 5.74) is -0.487. The third kappa shape index (κ3) is 4.68. The van der Waals surface area contributed by atoms with Crippen molar-refractivity contribution in [3.8, 4) is 0 Å². The molecule has 1 amide bonds. The number of carbonyl (C=O) groups is 1. The van der Waals surface area contributed by atoms with Crippen LogP contribution in [0.25, 0.3) is 0 Å². The minimum absolute atomic E-state index is 0.258. The first-order chi connectivity index (χ1) is 14.3. The number of halogens is 1. The normalized spacial score (nSPS) is 20.3. The molecule has 9 heteroatoms. The minimum atomic E-state index is -0.487. The monoisotopic (exact) mass is 436 g/mol. The van der Waals surface area contributed by atoms with E-state index in [2.05, 4.69) is 14.7 Å². The van der Waals surface area contributed by atoms with Gasteiger partial charge in [-0.2, -0.15) is 9.97 Å². The number of carbonyl (C=O) groups excluding carboxylic acids is 1. The molecule has 0 saturated carbocycles. The molecule has 4 rings (SSSR count). The van der Waals surface area contributed by atoms with Gasteiger partial charge in [0.2, 0.25) is 5.95 Å². The average Bonchev–Trinajstić information content (AvgIpc) is 3.41. The largest absolute Gasteiger partial charge is 0.444 e. The smallest absolute Gasteiger partial charge is 0.410 e. The molecule has 0 N–H and O–H groups in total. The predicted octanol–water partition coefficient (Wildman–Crippen LogP) is 3.39. The number of hydrogen-bond donors (Lipinski definition) is 0. The van der Waals surface area contributed by atoms with E-state index in [0.29, 0.717) is 31.2 Å². The van der Waals surface area contributed by atoms with Crippen LogP contribution in [0.2, 0.25) is 5.02 Å². The molecule has 0 unspecified atom stereocenters. The summed E-state index contributed by atoms with van der Waals surface area (Å²) in [5, 5.41) is 0.630. The zero-order valence-electron chi connectivity index (χ0n) is 18.4. The third-order valence-corrected chi connectivity index (χ3v) is 6.17. The van der Waals surface area contributed by atoms with Gasteiger partial charge < -0.3 is 24.3 Å². The number of rotatable bonds is 3. The molecular weight excluding hydrogens is 404 g/mol. The lowest BCUT2D eigenvalue weighted by Gasteiger charge is -2.37. The number of piperazine rings is 1. The van der Waals surface area contributed by atoms with Crippen LogP contribution in [0.15, 0.2) is 0 Å². The molecule has 0 spiro atoms. The van der Waals surface area contributed by atoms with Gasteiger partial charge in [0, 0.05) is 52.4 Å². The highest BCUT2D eigenvalue weighted by Crippen LogP contribution is 2.36. The van der Waals surface area contributed by atoms with Gasteiger partial charge in [-0.25, -0.2) is 4.79 Å². The highest BCUT2D eigenvalue weighted by atomic mass is 35.5. The van der Waals surface area contributed by atoms with Crippen LogP contribution in [0, 0.1) is 0 Å². The number of hydrogen-bond acceptors (Lipinski definition) is 7. The number of aromatic nitrogens is 2. The standard InChI is InChI=1S/C21H33ClN6O2/c1-21(2,3)30-20(29)28-14-12-26(13-15-28)18-16(22)17(25-8-4-5-9-25)23-19(24-18)27-10-6-7-11-27/h4-15H2,1-3H3. The first kappa shape index (κ1) is 21.3. The summed E-state index contributed by atoms with van der Waals surface area (Å²) in [6.45, 7) is 12.2. The molecule has 1 aromatic rings. The summed E-state index contributed by atoms with van der Waals surface area (Å²) >= 11 is 6.85. The second-order valence-electron chi connectivity index (χ2n) is 9.33. The lowest BCUT2D eigenvalue weighted by Crippen LogP contribution is -2.50. The SMILES string of the molecule is CC(C)(C)OC(=O)N1CCN(c2nc(N3CCCC3)nc(N3CCCC3)c2Cl)CC1. The predicted molar refractivity (Wildman–Crippen MR) is 120 cm³/mol. The van der Waals surface area contributed by atoms with Gasteiger partial charge in [-0.05, 0) is 46.5 Å². The molecule has 4 heterocycles. The van der Waals surface area contributed by atoms with Crippen molar-refractivity contribution in [2.45, 2.75) is 52.1 Å². The van der Waals surface area contributed by atoms with Gasteiger partial charge in [-0.3, -0.25) is 0 Å². The zero-order valence-corrected chi connectivity index (χ0v) is 19.1. The van der Waals surface area contributed by atoms with Crippen LogP contribution in [-0.4, -0.2) is 78.9 Å². The van der Waals surface area contributed by atoms with Crippen LogP contribution >= 0.6 is 11.6 Å². The van der Waals surface area contributed by atoms with E-state index in [9.17, 15) is 4.79 Å². The van der Waals surface area contributed by atoms with Crippen molar-refractivity contribution in [3.05, 3.63) is 5.02 Å². The van der Waals surface area contributed by atoms with Crippen molar-refractivity contribution in [2.75, 3.05) is 67.1 Å². The van der Waals surface area contributed by atoms with Crippen LogP contribution < -0.4 is 14.7 Å². The molecular formula is C21H33ClN6O2. The Bertz CT molecular complexity index is 763. The van der Waals surface area contributed by atoms with Crippen LogP contribution in [0.1, 0.15) is 46.5 Å². The van der Waals surface area contributed by atoms with Crippen molar-refractivity contribution in [1.82, 2.24) is 14.9 Å². The van der Waals surface area contributed by atoms with E-state index in [1.165, 1.54) is 25.7 Å². The second kappa shape index (κ2) is 8.65. The molecule has 30 heavy (non-hydrogen) atoms. The molecule has 3 aliphatic heterocycles. The number of anilines is 3. The maximum atomic E-state index is 12.4. The van der Waals surface area contributed by atoms with Crippen LogP contribution in [0.5, 0.6) is 0 Å². The molecule has 0 aromatic carbocycles. The quantitative estimate of drug-likeness (QED) is 0.719. The fraction of sp³-hybridized carbons (Fsp3) is 0.762. The second-order valence-corrected chi connectivity index (χ2v) is 9.71. The topological polar surface area (TPSA) is 65.0 Å². The molecule has 8 nitrogen and oxygen atoms in total. The van der Waals surface area contributed by atoms with Crippen LogP contribution in [0.4, 0.5) is 22.4 Å². The Hall–Kier alpha value is -1.96. The van der Waals surface area contributed by atoms with Crippen molar-refractivity contribution in [1.29, 1.82) is 0 Å². The Morgan fingerprint density at radius 3 is 1.77 bits per heavy atom. The minimum Gasteiger partial charge on any atom is -0.444 e. The Morgan fingerprint density at radius 1 is 0.800 bits per heavy atom. The fourth-order valence-corrected chi connectivity index (χ4v) is 4.57. The van der Waals surface area contributed by atoms with Crippen molar-refractivity contribution >= 4 is 35.3 Å². The van der Waals surface area contributed by atoms with Gasteiger partial charge in [0.1, 0.15) is 10.6 Å². The van der Waals surface area contributed by atoms with Crippen LogP contribution in [0.3, 0.4) is 0 Å². The Morgan fingerprint density at radius 2 is 1.27 bits per heavy atom. The molecule has 3 fully saturated rings. The summed E-state index contributed by atoms with van der Waals surface area (Å²) in [6, 6.07) is 0. The summed E-state index contributed by atoms with van der Waals surface area (Å²) in [7, 11) is 0. The Labute approximate surface area is 184 Å². The van der Waals surface area contributed by atoms with Gasteiger partial charge in [0.15, 0.2) is 11.6 Å². The van der Waals surface area contributed by atoms with E-state index < -0.39 is 5.60 Å². The number of ether oxygens (including phenoxy) is 1. The summed E-state index contributed by atoms with van der Waals surface area (Å²) in [5.74, 6) is 2.43. The lowest BCUT2D eigenvalue weighted by atomic mass is 10.2. The molecule has 3 saturated heterocycles. The zero-order chi connectivity index (χ0) is 21.3. The van der Waals surface area contributed by atoms with E-state index in [-0.39, 0.29) is 6.09 Å². The first-order valence-electron chi connectivity index (χ1n) is 11.1. The molecule has 166 valence electrons. The number of nitrogens with zero attached hydrogens (tertiary/aromatic N) is 6. The molecule has 0 atom stereocenters. The van der Waals surface area contributed by atoms with Crippen molar-refractivity contribution < 1.29 is 9.53 Å². The Kier molecular flexibility index (Phi) is 6.14. The maximum absolute atomic E-state index is 12.4. The van der Waals surface area contributed by atoms with Gasteiger partial charge in [0.25, 0.3) is 0 Å². The summed E-state index contributed by atoms with van der Waals surface area (Å²) in [6.07, 6.45) is 4.43. The van der Waals surface area contributed by atoms with Crippen LogP contribution in [-0.2, 0) is 4.74 Å². The highest BCUT2D eigenvalue weighted by Gasteiger charge is 2.30. The fourth-order valence-electron chi connectivity index (χ4n) is 4.25. The first-order valence-corrected chi connectivity index (χ1v) is 11.5. The van der Waals surface area contributed by atoms with E-state index in [4.69, 9.17) is 26.3 Å². The third-order valence-electron chi connectivity index (χ3n) is 5.83. The van der Waals surface area contributed by atoms with Gasteiger partial charge in [-0.1, -0.05) is 11.6 Å². The molecule has 1 aromatic heterocycles. The van der Waals surface area contributed by atoms with Gasteiger partial charge >= 0.3 is 6.09 Å². The Balaban J connectivity index is 1.54. The number of amides is 1. The lowest BCUT2D eigenvalue weighted by molar-refractivity contribution is 0.0240. The van der Waals surface area contributed by atoms with Gasteiger partial charge in [0.05, 0.1) is 0 Å². The summed E-state index contributed by atoms with van der Waals surface area (Å²) in [4.78, 5) is 30.6. The van der Waals surface area contributed by atoms with E-state index in [1.54, 1.807) is 4.90 Å². The highest BCUT2D eigenvalue weighted by molar-refractivity contribution is 6.35. The van der Waals surface area contributed by atoms with E-state index >= 15 is 0 Å². The molecule has 0 radical (unpaired) electrons. The van der Waals surface area contributed by atoms with Crippen molar-refractivity contribution in [2.24, 2.45) is 0 Å². The molecule has 0 aliphatic carbocycles.